The van der Waals surface area contributed by atoms with Crippen LogP contribution in [-0.2, 0) is 35.4 Å². The molecule has 0 bridgehead atoms. The number of ether oxygens (including phenoxy) is 4. The molecule has 1 saturated heterocycles. The molecule has 5 aliphatic rings. The Labute approximate surface area is 323 Å². The Balaban J connectivity index is 1.79. The molecule has 0 aromatic carbocycles. The largest absolute Gasteiger partial charge is 0.412 e. The van der Waals surface area contributed by atoms with E-state index in [9.17, 15) is 0 Å². The van der Waals surface area contributed by atoms with Crippen molar-refractivity contribution in [2.75, 3.05) is 24.9 Å². The van der Waals surface area contributed by atoms with Crippen molar-refractivity contribution in [3.8, 4) is 0 Å². The summed E-state index contributed by atoms with van der Waals surface area (Å²) in [7, 11) is -12.9. The van der Waals surface area contributed by atoms with Gasteiger partial charge in [-0.15, -0.1) is 0 Å². The zero-order valence-electron chi connectivity index (χ0n) is 35.7. The molecule has 1 heterocycles. The van der Waals surface area contributed by atoms with Gasteiger partial charge in [-0.2, -0.15) is 0 Å². The molecule has 4 saturated carbocycles. The monoisotopic (exact) mass is 800 g/mol. The van der Waals surface area contributed by atoms with Gasteiger partial charge in [0.25, 0.3) is 0 Å². The van der Waals surface area contributed by atoms with E-state index in [0.29, 0.717) is 47.1 Å². The van der Waals surface area contributed by atoms with Gasteiger partial charge in [-0.1, -0.05) is 51.4 Å². The smallest absolute Gasteiger partial charge is 0.350 e. The van der Waals surface area contributed by atoms with Gasteiger partial charge in [0.05, 0.1) is 47.3 Å². The van der Waals surface area contributed by atoms with Crippen molar-refractivity contribution >= 4 is 34.2 Å². The van der Waals surface area contributed by atoms with Crippen molar-refractivity contribution in [2.24, 2.45) is 0 Å². The standard InChI is InChI=1S/C40H80O8Si4/c1-37(2,3)41-29-49(33-21-13-14-22-33)45-50(30-42-38(4,5)6,34-23-15-16-24-34)47-52(32-44-40(10,11)12,36-27-19-20-28-36)48-51(46-49,31-43-39(7,8)9)35-25-17-18-26-35/h33-36H,13-32H2,1-12H3. The average molecular weight is 801 g/mol. The van der Waals surface area contributed by atoms with E-state index in [0.717, 1.165) is 51.4 Å². The van der Waals surface area contributed by atoms with E-state index in [4.69, 9.17) is 35.4 Å². The maximum atomic E-state index is 8.38. The lowest BCUT2D eigenvalue weighted by molar-refractivity contribution is -0.0190. The summed E-state index contributed by atoms with van der Waals surface area (Å²) in [6.45, 7) is 26.1. The molecular formula is C40H80O8Si4. The maximum absolute atomic E-state index is 8.38. The SMILES string of the molecule is CC(C)(C)OC[Si]1(C2CCCC2)O[Si](COC(C)(C)C)(C2CCCC2)O[Si](COC(C)(C)C)(C2CCCC2)O[Si](COC(C)(C)C)(C2CCCC2)O1. The second-order valence-electron chi connectivity index (χ2n) is 21.2. The van der Waals surface area contributed by atoms with E-state index >= 15 is 0 Å². The minimum Gasteiger partial charge on any atom is -0.412 e. The van der Waals surface area contributed by atoms with Crippen molar-refractivity contribution in [1.82, 2.24) is 0 Å². The molecule has 0 aromatic heterocycles. The molecule has 304 valence electrons. The summed E-state index contributed by atoms with van der Waals surface area (Å²) in [6, 6.07) is 0. The molecule has 0 unspecified atom stereocenters. The van der Waals surface area contributed by atoms with Crippen LogP contribution in [0.1, 0.15) is 186 Å². The van der Waals surface area contributed by atoms with Crippen LogP contribution in [0.25, 0.3) is 0 Å². The van der Waals surface area contributed by atoms with Gasteiger partial charge >= 0.3 is 34.2 Å². The van der Waals surface area contributed by atoms with Gasteiger partial charge in [-0.25, -0.2) is 0 Å². The predicted molar refractivity (Wildman–Crippen MR) is 219 cm³/mol. The first-order chi connectivity index (χ1) is 24.1. The maximum Gasteiger partial charge on any atom is 0.350 e. The molecule has 0 aromatic rings. The minimum absolute atomic E-state index is 0.319. The van der Waals surface area contributed by atoms with Crippen molar-refractivity contribution in [3.05, 3.63) is 0 Å². The lowest BCUT2D eigenvalue weighted by Gasteiger charge is -2.58. The Hall–Kier alpha value is 0.548. The first kappa shape index (κ1) is 43.7. The number of hydrogen-bond acceptors (Lipinski definition) is 8. The molecule has 0 amide bonds. The van der Waals surface area contributed by atoms with Crippen LogP contribution >= 0.6 is 0 Å². The van der Waals surface area contributed by atoms with E-state index in [-0.39, 0.29) is 22.4 Å². The summed E-state index contributed by atoms with van der Waals surface area (Å²) in [5.41, 5.74) is -0.0688. The molecule has 12 heteroatoms. The fourth-order valence-corrected chi connectivity index (χ4v) is 36.7. The molecular weight excluding hydrogens is 721 g/mol. The first-order valence-corrected chi connectivity index (χ1v) is 29.8. The fraction of sp³-hybridized carbons (Fsp3) is 1.00. The summed E-state index contributed by atoms with van der Waals surface area (Å²) < 4.78 is 61.4. The lowest BCUT2D eigenvalue weighted by Crippen LogP contribution is -2.78. The molecule has 5 rings (SSSR count). The van der Waals surface area contributed by atoms with Crippen LogP contribution in [0.2, 0.25) is 22.2 Å². The van der Waals surface area contributed by atoms with E-state index < -0.39 is 34.2 Å². The number of rotatable bonds is 12. The Morgan fingerprint density at radius 3 is 0.615 bits per heavy atom. The third kappa shape index (κ3) is 11.4. The van der Waals surface area contributed by atoms with Gasteiger partial charge in [0.15, 0.2) is 0 Å². The summed E-state index contributed by atoms with van der Waals surface area (Å²) in [5, 5.41) is 0. The van der Waals surface area contributed by atoms with Crippen LogP contribution in [0.5, 0.6) is 0 Å². The van der Waals surface area contributed by atoms with Crippen LogP contribution in [0.15, 0.2) is 0 Å². The Bertz CT molecular complexity index is 934. The zero-order chi connectivity index (χ0) is 38.1. The molecule has 8 nitrogen and oxygen atoms in total. The first-order valence-electron chi connectivity index (χ1n) is 21.4. The predicted octanol–water partition coefficient (Wildman–Crippen LogP) is 11.0. The lowest BCUT2D eigenvalue weighted by atomic mass is 10.2. The van der Waals surface area contributed by atoms with Crippen LogP contribution < -0.4 is 0 Å². The number of hydrogen-bond donors (Lipinski definition) is 0. The van der Waals surface area contributed by atoms with Gasteiger partial charge in [0, 0.05) is 22.2 Å². The minimum atomic E-state index is -3.23. The summed E-state index contributed by atoms with van der Waals surface area (Å²) in [5.74, 6) is 0. The highest BCUT2D eigenvalue weighted by Gasteiger charge is 2.70. The van der Waals surface area contributed by atoms with Gasteiger partial charge in [0.1, 0.15) is 0 Å². The normalized spacial score (nSPS) is 34.4. The van der Waals surface area contributed by atoms with Crippen LogP contribution in [0.3, 0.4) is 0 Å². The Morgan fingerprint density at radius 2 is 0.481 bits per heavy atom. The molecule has 1 aliphatic heterocycles. The van der Waals surface area contributed by atoms with Crippen LogP contribution in [0.4, 0.5) is 0 Å². The van der Waals surface area contributed by atoms with E-state index in [1.54, 1.807) is 0 Å². The molecule has 0 spiro atoms. The molecule has 0 radical (unpaired) electrons. The highest BCUT2D eigenvalue weighted by Crippen LogP contribution is 2.56. The third-order valence-corrected chi connectivity index (χ3v) is 32.6. The van der Waals surface area contributed by atoms with Gasteiger partial charge in [-0.3, -0.25) is 0 Å². The van der Waals surface area contributed by atoms with Gasteiger partial charge in [-0.05, 0) is 134 Å². The topological polar surface area (TPSA) is 73.8 Å². The quantitative estimate of drug-likeness (QED) is 0.181. The second-order valence-corrected chi connectivity index (χ2v) is 35.4. The summed E-state index contributed by atoms with van der Waals surface area (Å²) in [6.07, 6.45) is 20.5. The summed E-state index contributed by atoms with van der Waals surface area (Å²) in [4.78, 5) is 0. The van der Waals surface area contributed by atoms with E-state index in [2.05, 4.69) is 83.1 Å². The molecule has 52 heavy (non-hydrogen) atoms. The van der Waals surface area contributed by atoms with Gasteiger partial charge < -0.3 is 35.4 Å². The molecule has 0 atom stereocenters. The molecule has 4 aliphatic carbocycles. The van der Waals surface area contributed by atoms with Crippen molar-refractivity contribution in [3.63, 3.8) is 0 Å². The highest BCUT2D eigenvalue weighted by molar-refractivity contribution is 6.96. The van der Waals surface area contributed by atoms with Crippen LogP contribution in [-0.4, -0.2) is 81.6 Å². The van der Waals surface area contributed by atoms with Crippen LogP contribution in [0, 0.1) is 0 Å². The third-order valence-electron chi connectivity index (χ3n) is 12.1. The van der Waals surface area contributed by atoms with E-state index in [1.807, 2.05) is 0 Å². The molecule has 0 N–H and O–H groups in total. The highest BCUT2D eigenvalue weighted by atomic mass is 28.5. The fourth-order valence-electron chi connectivity index (χ4n) is 9.36. The zero-order valence-corrected chi connectivity index (χ0v) is 39.7. The summed E-state index contributed by atoms with van der Waals surface area (Å²) >= 11 is 0. The van der Waals surface area contributed by atoms with Crippen molar-refractivity contribution < 1.29 is 35.4 Å². The Morgan fingerprint density at radius 1 is 0.327 bits per heavy atom. The van der Waals surface area contributed by atoms with Crippen molar-refractivity contribution in [2.45, 2.75) is 230 Å². The van der Waals surface area contributed by atoms with Crippen molar-refractivity contribution in [1.29, 1.82) is 0 Å². The average Bonchev–Trinajstić information content (AvgIpc) is 3.86. The Kier molecular flexibility index (Phi) is 14.1. The second kappa shape index (κ2) is 16.8. The van der Waals surface area contributed by atoms with Gasteiger partial charge in [0.2, 0.25) is 0 Å². The molecule has 5 fully saturated rings. The van der Waals surface area contributed by atoms with E-state index in [1.165, 1.54) is 51.4 Å².